The first-order valence-corrected chi connectivity index (χ1v) is 7.66. The SMILES string of the molecule is COc1ccc(-c2csc(C3CCCNC3)n2)cc1F. The molecule has 0 saturated carbocycles. The maximum absolute atomic E-state index is 13.7. The maximum Gasteiger partial charge on any atom is 0.165 e. The Morgan fingerprint density at radius 1 is 1.45 bits per heavy atom. The van der Waals surface area contributed by atoms with Gasteiger partial charge in [-0.1, -0.05) is 0 Å². The highest BCUT2D eigenvalue weighted by Crippen LogP contribution is 2.31. The molecule has 1 unspecified atom stereocenters. The number of thiazole rings is 1. The van der Waals surface area contributed by atoms with E-state index in [1.807, 2.05) is 11.4 Å². The highest BCUT2D eigenvalue weighted by molar-refractivity contribution is 7.10. The topological polar surface area (TPSA) is 34.1 Å². The summed E-state index contributed by atoms with van der Waals surface area (Å²) in [5.74, 6) is 0.408. The lowest BCUT2D eigenvalue weighted by Gasteiger charge is -2.20. The van der Waals surface area contributed by atoms with Crippen molar-refractivity contribution in [2.24, 2.45) is 0 Å². The van der Waals surface area contributed by atoms with E-state index in [2.05, 4.69) is 10.3 Å². The fraction of sp³-hybridized carbons (Fsp3) is 0.400. The molecule has 0 spiro atoms. The highest BCUT2D eigenvalue weighted by atomic mass is 32.1. The molecule has 1 aliphatic heterocycles. The van der Waals surface area contributed by atoms with Crippen molar-refractivity contribution in [1.82, 2.24) is 10.3 Å². The van der Waals surface area contributed by atoms with E-state index < -0.39 is 0 Å². The van der Waals surface area contributed by atoms with Crippen LogP contribution in [0.1, 0.15) is 23.8 Å². The third-order valence-corrected chi connectivity index (χ3v) is 4.62. The van der Waals surface area contributed by atoms with Gasteiger partial charge in [0.25, 0.3) is 0 Å². The smallest absolute Gasteiger partial charge is 0.165 e. The molecule has 5 heteroatoms. The van der Waals surface area contributed by atoms with Crippen molar-refractivity contribution in [3.63, 3.8) is 0 Å². The number of methoxy groups -OCH3 is 1. The van der Waals surface area contributed by atoms with Gasteiger partial charge in [0.15, 0.2) is 11.6 Å². The van der Waals surface area contributed by atoms with Crippen molar-refractivity contribution >= 4 is 11.3 Å². The van der Waals surface area contributed by atoms with Crippen LogP contribution in [0.25, 0.3) is 11.3 Å². The van der Waals surface area contributed by atoms with E-state index in [0.717, 1.165) is 29.4 Å². The lowest BCUT2D eigenvalue weighted by molar-refractivity contribution is 0.386. The van der Waals surface area contributed by atoms with Gasteiger partial charge in [0, 0.05) is 23.4 Å². The van der Waals surface area contributed by atoms with Gasteiger partial charge in [0.1, 0.15) is 0 Å². The summed E-state index contributed by atoms with van der Waals surface area (Å²) in [6.07, 6.45) is 2.37. The molecule has 1 aromatic heterocycles. The van der Waals surface area contributed by atoms with Crippen molar-refractivity contribution in [1.29, 1.82) is 0 Å². The van der Waals surface area contributed by atoms with Crippen LogP contribution in [0, 0.1) is 5.82 Å². The van der Waals surface area contributed by atoms with Gasteiger partial charge < -0.3 is 10.1 Å². The number of benzene rings is 1. The molecular weight excluding hydrogens is 275 g/mol. The van der Waals surface area contributed by atoms with Gasteiger partial charge in [-0.25, -0.2) is 9.37 Å². The van der Waals surface area contributed by atoms with E-state index in [0.29, 0.717) is 5.92 Å². The second-order valence-electron chi connectivity index (χ2n) is 4.96. The minimum atomic E-state index is -0.348. The number of nitrogens with one attached hydrogen (secondary N) is 1. The lowest BCUT2D eigenvalue weighted by Crippen LogP contribution is -2.28. The van der Waals surface area contributed by atoms with Crippen LogP contribution < -0.4 is 10.1 Å². The van der Waals surface area contributed by atoms with Crippen LogP contribution in [0.4, 0.5) is 4.39 Å². The zero-order chi connectivity index (χ0) is 13.9. The molecule has 0 bridgehead atoms. The summed E-state index contributed by atoms with van der Waals surface area (Å²) in [6.45, 7) is 2.09. The zero-order valence-electron chi connectivity index (χ0n) is 11.4. The molecule has 3 rings (SSSR count). The van der Waals surface area contributed by atoms with Gasteiger partial charge in [-0.15, -0.1) is 11.3 Å². The molecule has 1 N–H and O–H groups in total. The number of hydrogen-bond acceptors (Lipinski definition) is 4. The van der Waals surface area contributed by atoms with Gasteiger partial charge in [-0.05, 0) is 37.6 Å². The van der Waals surface area contributed by atoms with Crippen molar-refractivity contribution in [2.75, 3.05) is 20.2 Å². The van der Waals surface area contributed by atoms with Crippen molar-refractivity contribution in [3.8, 4) is 17.0 Å². The second-order valence-corrected chi connectivity index (χ2v) is 5.85. The average molecular weight is 292 g/mol. The van der Waals surface area contributed by atoms with Crippen molar-refractivity contribution in [2.45, 2.75) is 18.8 Å². The molecule has 3 nitrogen and oxygen atoms in total. The summed E-state index contributed by atoms with van der Waals surface area (Å²) >= 11 is 1.66. The molecule has 2 aromatic rings. The van der Waals surface area contributed by atoms with Gasteiger partial charge in [0.05, 0.1) is 17.8 Å². The van der Waals surface area contributed by atoms with E-state index in [4.69, 9.17) is 4.74 Å². The van der Waals surface area contributed by atoms with Gasteiger partial charge in [-0.3, -0.25) is 0 Å². The summed E-state index contributed by atoms with van der Waals surface area (Å²) in [4.78, 5) is 4.67. The van der Waals surface area contributed by atoms with Crippen LogP contribution in [-0.4, -0.2) is 25.2 Å². The van der Waals surface area contributed by atoms with Gasteiger partial charge >= 0.3 is 0 Å². The Kier molecular flexibility index (Phi) is 3.98. The third-order valence-electron chi connectivity index (χ3n) is 3.62. The van der Waals surface area contributed by atoms with Crippen LogP contribution in [0.15, 0.2) is 23.6 Å². The number of aromatic nitrogens is 1. The van der Waals surface area contributed by atoms with Crippen LogP contribution in [-0.2, 0) is 0 Å². The molecular formula is C15H17FN2OS. The summed E-state index contributed by atoms with van der Waals surface area (Å²) in [5.41, 5.74) is 1.65. The van der Waals surface area contributed by atoms with Gasteiger partial charge in [-0.2, -0.15) is 0 Å². The Hall–Kier alpha value is -1.46. The minimum absolute atomic E-state index is 0.265. The van der Waals surface area contributed by atoms with Crippen LogP contribution in [0.3, 0.4) is 0 Å². The molecule has 1 aromatic carbocycles. The first-order chi connectivity index (χ1) is 9.78. The fourth-order valence-corrected chi connectivity index (χ4v) is 3.46. The van der Waals surface area contributed by atoms with E-state index in [9.17, 15) is 4.39 Å². The molecule has 1 fully saturated rings. The Morgan fingerprint density at radius 2 is 2.35 bits per heavy atom. The van der Waals surface area contributed by atoms with Crippen molar-refractivity contribution < 1.29 is 9.13 Å². The number of ether oxygens (including phenoxy) is 1. The summed E-state index contributed by atoms with van der Waals surface area (Å²) in [5, 5.41) is 6.54. The molecule has 0 radical (unpaired) electrons. The summed E-state index contributed by atoms with van der Waals surface area (Å²) < 4.78 is 18.7. The highest BCUT2D eigenvalue weighted by Gasteiger charge is 2.19. The Morgan fingerprint density at radius 3 is 3.05 bits per heavy atom. The second kappa shape index (κ2) is 5.89. The molecule has 0 amide bonds. The Balaban J connectivity index is 1.84. The average Bonchev–Trinajstić information content (AvgIpc) is 2.98. The number of nitrogens with zero attached hydrogens (tertiary/aromatic N) is 1. The molecule has 2 heterocycles. The molecule has 1 atom stereocenters. The van der Waals surface area contributed by atoms with E-state index in [-0.39, 0.29) is 11.6 Å². The third kappa shape index (κ3) is 2.69. The quantitative estimate of drug-likeness (QED) is 0.941. The predicted molar refractivity (Wildman–Crippen MR) is 78.9 cm³/mol. The number of piperidine rings is 1. The molecule has 106 valence electrons. The van der Waals surface area contributed by atoms with Crippen LogP contribution >= 0.6 is 11.3 Å². The number of rotatable bonds is 3. The lowest BCUT2D eigenvalue weighted by atomic mass is 10.0. The minimum Gasteiger partial charge on any atom is -0.494 e. The van der Waals surface area contributed by atoms with E-state index >= 15 is 0 Å². The zero-order valence-corrected chi connectivity index (χ0v) is 12.2. The summed E-state index contributed by atoms with van der Waals surface area (Å²) in [6, 6.07) is 4.97. The van der Waals surface area contributed by atoms with E-state index in [1.165, 1.54) is 26.0 Å². The molecule has 20 heavy (non-hydrogen) atoms. The van der Waals surface area contributed by atoms with Crippen LogP contribution in [0.2, 0.25) is 0 Å². The molecule has 0 aliphatic carbocycles. The predicted octanol–water partition coefficient (Wildman–Crippen LogP) is 3.42. The first kappa shape index (κ1) is 13.5. The largest absolute Gasteiger partial charge is 0.494 e. The van der Waals surface area contributed by atoms with Crippen LogP contribution in [0.5, 0.6) is 5.75 Å². The molecule has 1 aliphatic rings. The Labute approximate surface area is 121 Å². The maximum atomic E-state index is 13.7. The van der Waals surface area contributed by atoms with Crippen molar-refractivity contribution in [3.05, 3.63) is 34.4 Å². The normalized spacial score (nSPS) is 19.0. The fourth-order valence-electron chi connectivity index (χ4n) is 2.50. The molecule has 1 saturated heterocycles. The van der Waals surface area contributed by atoms with Gasteiger partial charge in [0.2, 0.25) is 0 Å². The number of halogens is 1. The summed E-state index contributed by atoms with van der Waals surface area (Å²) in [7, 11) is 1.47. The first-order valence-electron chi connectivity index (χ1n) is 6.78. The van der Waals surface area contributed by atoms with E-state index in [1.54, 1.807) is 17.4 Å². The number of hydrogen-bond donors (Lipinski definition) is 1. The Bertz CT molecular complexity index is 593. The monoisotopic (exact) mass is 292 g/mol. The standard InChI is InChI=1S/C15H17FN2OS/c1-19-14-5-4-10(7-12(14)16)13-9-20-15(18-13)11-3-2-6-17-8-11/h4-5,7,9,11,17H,2-3,6,8H2,1H3.